The van der Waals surface area contributed by atoms with Crippen LogP contribution in [0.1, 0.15) is 54.1 Å². The predicted molar refractivity (Wildman–Crippen MR) is 160 cm³/mol. The van der Waals surface area contributed by atoms with E-state index in [2.05, 4.69) is 10.1 Å². The highest BCUT2D eigenvalue weighted by Crippen LogP contribution is 2.32. The molecule has 1 saturated heterocycles. The molecule has 1 atom stereocenters. The van der Waals surface area contributed by atoms with Crippen molar-refractivity contribution in [2.24, 2.45) is 5.10 Å². The Morgan fingerprint density at radius 2 is 1.88 bits per heavy atom. The van der Waals surface area contributed by atoms with Crippen molar-refractivity contribution >= 4 is 48.8 Å². The van der Waals surface area contributed by atoms with Gasteiger partial charge in [-0.15, -0.1) is 0 Å². The van der Waals surface area contributed by atoms with Crippen LogP contribution in [0.3, 0.4) is 0 Å². The van der Waals surface area contributed by atoms with Crippen molar-refractivity contribution in [3.63, 3.8) is 0 Å². The number of nitrogens with zero attached hydrogens (tertiary/aromatic N) is 4. The molecule has 1 aliphatic heterocycles. The van der Waals surface area contributed by atoms with Crippen LogP contribution in [0.25, 0.3) is 10.2 Å². The third kappa shape index (κ3) is 5.79. The standard InChI is InChI=1S/C30H32N4O4S2/c1-4-24-7-5-6-18-33(24)40(36,37)26-15-11-23(12-16-26)29(35)34(31-20-22-9-13-25(38-3)14-10-22)30-32-27-17-8-21(2)19-28(27)39-30/h8-17,19-20,24H,4-7,18H2,1-3H3/b31-20+. The van der Waals surface area contributed by atoms with Crippen LogP contribution in [-0.4, -0.2) is 49.5 Å². The van der Waals surface area contributed by atoms with E-state index in [1.807, 2.05) is 56.3 Å². The van der Waals surface area contributed by atoms with Crippen LogP contribution in [0.5, 0.6) is 5.75 Å². The lowest BCUT2D eigenvalue weighted by atomic mass is 10.0. The summed E-state index contributed by atoms with van der Waals surface area (Å²) >= 11 is 1.37. The molecule has 0 radical (unpaired) electrons. The van der Waals surface area contributed by atoms with Crippen LogP contribution in [0.2, 0.25) is 0 Å². The molecule has 1 fully saturated rings. The minimum atomic E-state index is -3.65. The van der Waals surface area contributed by atoms with Crippen molar-refractivity contribution in [2.45, 2.75) is 50.5 Å². The van der Waals surface area contributed by atoms with Crippen LogP contribution in [0, 0.1) is 6.92 Å². The van der Waals surface area contributed by atoms with Gasteiger partial charge in [-0.2, -0.15) is 14.4 Å². The highest BCUT2D eigenvalue weighted by atomic mass is 32.2. The molecule has 2 heterocycles. The van der Waals surface area contributed by atoms with Gasteiger partial charge in [0.05, 0.1) is 28.4 Å². The van der Waals surface area contributed by atoms with E-state index in [4.69, 9.17) is 4.74 Å². The molecule has 5 rings (SSSR count). The van der Waals surface area contributed by atoms with Gasteiger partial charge in [-0.25, -0.2) is 13.4 Å². The average molecular weight is 577 g/mol. The van der Waals surface area contributed by atoms with Crippen molar-refractivity contribution in [1.82, 2.24) is 9.29 Å². The lowest BCUT2D eigenvalue weighted by molar-refractivity contribution is 0.0987. The van der Waals surface area contributed by atoms with E-state index < -0.39 is 15.9 Å². The van der Waals surface area contributed by atoms with Gasteiger partial charge in [0.2, 0.25) is 15.2 Å². The number of thiazole rings is 1. The van der Waals surface area contributed by atoms with Gasteiger partial charge in [0.1, 0.15) is 5.75 Å². The Balaban J connectivity index is 1.47. The summed E-state index contributed by atoms with van der Waals surface area (Å²) < 4.78 is 34.6. The number of rotatable bonds is 8. The number of fused-ring (bicyclic) bond motifs is 1. The molecule has 3 aromatic carbocycles. The number of carbonyl (C=O) groups excluding carboxylic acids is 1. The summed E-state index contributed by atoms with van der Waals surface area (Å²) in [7, 11) is -2.05. The van der Waals surface area contributed by atoms with E-state index in [1.165, 1.54) is 28.5 Å². The number of anilines is 1. The number of amides is 1. The molecular formula is C30H32N4O4S2. The molecule has 0 aliphatic carbocycles. The van der Waals surface area contributed by atoms with Gasteiger partial charge in [0, 0.05) is 18.2 Å². The number of hydrogen-bond acceptors (Lipinski definition) is 7. The van der Waals surface area contributed by atoms with Gasteiger partial charge in [-0.05, 0) is 98.0 Å². The highest BCUT2D eigenvalue weighted by Gasteiger charge is 2.32. The summed E-state index contributed by atoms with van der Waals surface area (Å²) in [6.45, 7) is 4.54. The molecular weight excluding hydrogens is 544 g/mol. The Hall–Kier alpha value is -3.60. The Kier molecular flexibility index (Phi) is 8.30. The van der Waals surface area contributed by atoms with Gasteiger partial charge in [-0.1, -0.05) is 30.7 Å². The lowest BCUT2D eigenvalue weighted by Crippen LogP contribution is -2.43. The Morgan fingerprint density at radius 3 is 2.58 bits per heavy atom. The minimum Gasteiger partial charge on any atom is -0.497 e. The quantitative estimate of drug-likeness (QED) is 0.183. The monoisotopic (exact) mass is 576 g/mol. The second-order valence-corrected chi connectivity index (χ2v) is 12.7. The first kappa shape index (κ1) is 27.9. The summed E-state index contributed by atoms with van der Waals surface area (Å²) in [4.78, 5) is 18.6. The number of aryl methyl sites for hydroxylation is 1. The Labute approximate surface area is 239 Å². The van der Waals surface area contributed by atoms with Crippen LogP contribution < -0.4 is 9.75 Å². The van der Waals surface area contributed by atoms with E-state index in [1.54, 1.807) is 29.8 Å². The van der Waals surface area contributed by atoms with Crippen LogP contribution in [-0.2, 0) is 10.0 Å². The zero-order valence-electron chi connectivity index (χ0n) is 22.8. The molecule has 40 heavy (non-hydrogen) atoms. The van der Waals surface area contributed by atoms with Gasteiger partial charge in [0.15, 0.2) is 0 Å². The topological polar surface area (TPSA) is 92.2 Å². The maximum atomic E-state index is 13.8. The molecule has 1 amide bonds. The Bertz CT molecular complexity index is 1630. The first-order valence-corrected chi connectivity index (χ1v) is 15.6. The molecule has 0 spiro atoms. The van der Waals surface area contributed by atoms with Crippen LogP contribution in [0.4, 0.5) is 5.13 Å². The second kappa shape index (κ2) is 11.9. The summed E-state index contributed by atoms with van der Waals surface area (Å²) in [6.07, 6.45) is 5.13. The number of benzene rings is 3. The maximum Gasteiger partial charge on any atom is 0.280 e. The molecule has 1 aliphatic rings. The van der Waals surface area contributed by atoms with Gasteiger partial charge < -0.3 is 4.74 Å². The molecule has 1 aromatic heterocycles. The summed E-state index contributed by atoms with van der Waals surface area (Å²) in [5, 5.41) is 6.21. The molecule has 0 bridgehead atoms. The first-order chi connectivity index (χ1) is 19.3. The number of hydrogen-bond donors (Lipinski definition) is 0. The SMILES string of the molecule is CCC1CCCCN1S(=O)(=O)c1ccc(C(=O)N(/N=C/c2ccc(OC)cc2)c2nc3ccc(C)cc3s2)cc1. The highest BCUT2D eigenvalue weighted by molar-refractivity contribution is 7.89. The second-order valence-electron chi connectivity index (χ2n) is 9.80. The largest absolute Gasteiger partial charge is 0.497 e. The summed E-state index contributed by atoms with van der Waals surface area (Å²) in [6, 6.07) is 19.4. The van der Waals surface area contributed by atoms with Gasteiger partial charge in [-0.3, -0.25) is 4.79 Å². The zero-order chi connectivity index (χ0) is 28.3. The van der Waals surface area contributed by atoms with Crippen molar-refractivity contribution in [2.75, 3.05) is 18.7 Å². The fourth-order valence-corrected chi connectivity index (χ4v) is 7.63. The molecule has 1 unspecified atom stereocenters. The molecule has 8 nitrogen and oxygen atoms in total. The predicted octanol–water partition coefficient (Wildman–Crippen LogP) is 6.25. The van der Waals surface area contributed by atoms with Crippen LogP contribution >= 0.6 is 11.3 Å². The van der Waals surface area contributed by atoms with Crippen molar-refractivity contribution in [3.05, 3.63) is 83.4 Å². The third-order valence-corrected chi connectivity index (χ3v) is 10.1. The third-order valence-electron chi connectivity index (χ3n) is 7.10. The van der Waals surface area contributed by atoms with Gasteiger partial charge >= 0.3 is 0 Å². The van der Waals surface area contributed by atoms with Crippen molar-refractivity contribution < 1.29 is 17.9 Å². The number of aromatic nitrogens is 1. The molecule has 0 N–H and O–H groups in total. The van der Waals surface area contributed by atoms with Crippen molar-refractivity contribution in [1.29, 1.82) is 0 Å². The van der Waals surface area contributed by atoms with E-state index >= 15 is 0 Å². The first-order valence-electron chi connectivity index (χ1n) is 13.3. The molecule has 0 saturated carbocycles. The fourth-order valence-electron chi connectivity index (χ4n) is 4.84. The molecule has 208 valence electrons. The normalized spacial score (nSPS) is 16.4. The fraction of sp³-hybridized carbons (Fsp3) is 0.300. The smallest absolute Gasteiger partial charge is 0.280 e. The zero-order valence-corrected chi connectivity index (χ0v) is 24.4. The average Bonchev–Trinajstić information content (AvgIpc) is 3.40. The van der Waals surface area contributed by atoms with E-state index in [9.17, 15) is 13.2 Å². The van der Waals surface area contributed by atoms with Gasteiger partial charge in [0.25, 0.3) is 5.91 Å². The molecule has 4 aromatic rings. The Morgan fingerprint density at radius 1 is 1.12 bits per heavy atom. The minimum absolute atomic E-state index is 0.00511. The van der Waals surface area contributed by atoms with Crippen molar-refractivity contribution in [3.8, 4) is 5.75 Å². The number of sulfonamides is 1. The number of methoxy groups -OCH3 is 1. The maximum absolute atomic E-state index is 13.8. The van der Waals surface area contributed by atoms with Crippen LogP contribution in [0.15, 0.2) is 76.7 Å². The lowest BCUT2D eigenvalue weighted by Gasteiger charge is -2.34. The number of carbonyl (C=O) groups is 1. The number of ether oxygens (including phenoxy) is 1. The summed E-state index contributed by atoms with van der Waals surface area (Å²) in [5.41, 5.74) is 2.96. The van der Waals surface area contributed by atoms with E-state index in [0.29, 0.717) is 17.2 Å². The van der Waals surface area contributed by atoms with E-state index in [0.717, 1.165) is 52.8 Å². The number of piperidine rings is 1. The molecule has 10 heteroatoms. The van der Waals surface area contributed by atoms with E-state index in [-0.39, 0.29) is 10.9 Å². The summed E-state index contributed by atoms with van der Waals surface area (Å²) in [5.74, 6) is 0.311. The number of hydrazone groups is 1.